The zero-order chi connectivity index (χ0) is 20.3. The van der Waals surface area contributed by atoms with Crippen molar-refractivity contribution >= 4 is 17.5 Å². The second-order valence-electron chi connectivity index (χ2n) is 6.15. The van der Waals surface area contributed by atoms with Gasteiger partial charge < -0.3 is 9.30 Å². The van der Waals surface area contributed by atoms with Crippen molar-refractivity contribution in [3.63, 3.8) is 0 Å². The highest BCUT2D eigenvalue weighted by Crippen LogP contribution is 2.27. The minimum absolute atomic E-state index is 0.0190. The third-order valence-electron chi connectivity index (χ3n) is 4.21. The minimum Gasteiger partial charge on any atom is -0.435 e. The summed E-state index contributed by atoms with van der Waals surface area (Å²) in [7, 11) is 0. The van der Waals surface area contributed by atoms with Gasteiger partial charge in [-0.3, -0.25) is 4.79 Å². The van der Waals surface area contributed by atoms with Gasteiger partial charge in [0.05, 0.1) is 5.25 Å². The van der Waals surface area contributed by atoms with E-state index in [9.17, 15) is 13.6 Å². The van der Waals surface area contributed by atoms with Gasteiger partial charge in [0.25, 0.3) is 0 Å². The van der Waals surface area contributed by atoms with E-state index in [0.29, 0.717) is 10.7 Å². The summed E-state index contributed by atoms with van der Waals surface area (Å²) in [6, 6.07) is 9.88. The summed E-state index contributed by atoms with van der Waals surface area (Å²) >= 11 is 1.31. The number of benzene rings is 1. The number of carbonyl (C=O) groups excluding carboxylic acids is 1. The first-order valence-electron chi connectivity index (χ1n) is 8.59. The molecular formula is C20H19F2N3O2S. The van der Waals surface area contributed by atoms with Crippen molar-refractivity contribution < 1.29 is 18.3 Å². The molecule has 0 amide bonds. The molecule has 3 aromatic rings. The highest BCUT2D eigenvalue weighted by Gasteiger charge is 2.23. The van der Waals surface area contributed by atoms with Crippen LogP contribution < -0.4 is 4.74 Å². The zero-order valence-corrected chi connectivity index (χ0v) is 16.4. The summed E-state index contributed by atoms with van der Waals surface area (Å²) in [5, 5.41) is 0.199. The van der Waals surface area contributed by atoms with Gasteiger partial charge in [0.1, 0.15) is 5.75 Å². The average Bonchev–Trinajstić information content (AvgIpc) is 2.96. The van der Waals surface area contributed by atoms with Crippen molar-refractivity contribution in [2.24, 2.45) is 0 Å². The van der Waals surface area contributed by atoms with E-state index in [1.165, 1.54) is 23.9 Å². The SMILES string of the molecule is Cc1cc(C(=O)C(C)Sc2ncccn2)c(C)n1-c1ccc(OC(F)F)cc1. The summed E-state index contributed by atoms with van der Waals surface area (Å²) < 4.78 is 30.9. The van der Waals surface area contributed by atoms with Crippen molar-refractivity contribution in [2.45, 2.75) is 37.8 Å². The second-order valence-corrected chi connectivity index (χ2v) is 7.46. The van der Waals surface area contributed by atoms with Crippen LogP contribution in [0.1, 0.15) is 28.7 Å². The molecule has 146 valence electrons. The molecule has 8 heteroatoms. The Kier molecular flexibility index (Phi) is 6.08. The third kappa shape index (κ3) is 4.39. The average molecular weight is 403 g/mol. The van der Waals surface area contributed by atoms with Crippen molar-refractivity contribution in [1.29, 1.82) is 0 Å². The lowest BCUT2D eigenvalue weighted by Crippen LogP contribution is -2.15. The fourth-order valence-corrected chi connectivity index (χ4v) is 3.76. The molecule has 2 aromatic heterocycles. The maximum Gasteiger partial charge on any atom is 0.387 e. The molecule has 0 bridgehead atoms. The normalized spacial score (nSPS) is 12.2. The number of hydrogen-bond donors (Lipinski definition) is 0. The molecule has 0 radical (unpaired) electrons. The maximum atomic E-state index is 12.9. The number of alkyl halides is 2. The van der Waals surface area contributed by atoms with E-state index in [1.807, 2.05) is 31.4 Å². The molecule has 28 heavy (non-hydrogen) atoms. The molecule has 2 heterocycles. The molecule has 0 spiro atoms. The van der Waals surface area contributed by atoms with Gasteiger partial charge in [-0.05, 0) is 57.2 Å². The Balaban J connectivity index is 1.84. The lowest BCUT2D eigenvalue weighted by Gasteiger charge is -2.12. The Hall–Kier alpha value is -2.74. The van der Waals surface area contributed by atoms with Crippen LogP contribution in [0.15, 0.2) is 53.9 Å². The molecule has 0 fully saturated rings. The summed E-state index contributed by atoms with van der Waals surface area (Å²) in [5.41, 5.74) is 3.03. The molecule has 1 unspecified atom stereocenters. The smallest absolute Gasteiger partial charge is 0.387 e. The van der Waals surface area contributed by atoms with Crippen LogP contribution >= 0.6 is 11.8 Å². The molecule has 0 aliphatic heterocycles. The summed E-state index contributed by atoms with van der Waals surface area (Å²) in [4.78, 5) is 21.2. The number of ketones is 1. The number of rotatable bonds is 7. The first-order valence-corrected chi connectivity index (χ1v) is 9.47. The molecule has 5 nitrogen and oxygen atoms in total. The Morgan fingerprint density at radius 1 is 1.14 bits per heavy atom. The third-order valence-corrected chi connectivity index (χ3v) is 5.20. The van der Waals surface area contributed by atoms with Crippen LogP contribution in [-0.2, 0) is 0 Å². The number of ether oxygens (including phenoxy) is 1. The summed E-state index contributed by atoms with van der Waals surface area (Å²) in [6.07, 6.45) is 3.28. The van der Waals surface area contributed by atoms with Crippen molar-refractivity contribution in [3.05, 3.63) is 65.7 Å². The van der Waals surface area contributed by atoms with Gasteiger partial charge in [0.2, 0.25) is 0 Å². The predicted molar refractivity (Wildman–Crippen MR) is 104 cm³/mol. The first kappa shape index (κ1) is 20.0. The molecule has 1 aromatic carbocycles. The van der Waals surface area contributed by atoms with Crippen LogP contribution in [0.5, 0.6) is 5.75 Å². The number of thioether (sulfide) groups is 1. The largest absolute Gasteiger partial charge is 0.435 e. The molecule has 3 rings (SSSR count). The number of Topliss-reactive ketones (excluding diaryl/α,β-unsaturated/α-hetero) is 1. The lowest BCUT2D eigenvalue weighted by molar-refractivity contribution is -0.0498. The van der Waals surface area contributed by atoms with E-state index in [4.69, 9.17) is 0 Å². The van der Waals surface area contributed by atoms with E-state index in [1.54, 1.807) is 30.6 Å². The van der Waals surface area contributed by atoms with Crippen LogP contribution in [0.25, 0.3) is 5.69 Å². The predicted octanol–water partition coefficient (Wildman–Crippen LogP) is 4.85. The number of nitrogens with zero attached hydrogens (tertiary/aromatic N) is 3. The van der Waals surface area contributed by atoms with Gasteiger partial charge >= 0.3 is 6.61 Å². The number of hydrogen-bond acceptors (Lipinski definition) is 5. The van der Waals surface area contributed by atoms with Crippen molar-refractivity contribution in [3.8, 4) is 11.4 Å². The number of halogens is 2. The molecule has 1 atom stereocenters. The van der Waals surface area contributed by atoms with Crippen molar-refractivity contribution in [1.82, 2.24) is 14.5 Å². The lowest BCUT2D eigenvalue weighted by atomic mass is 10.1. The number of aryl methyl sites for hydroxylation is 1. The van der Waals surface area contributed by atoms with Crippen LogP contribution in [0.2, 0.25) is 0 Å². The summed E-state index contributed by atoms with van der Waals surface area (Å²) in [5.74, 6) is 0.0693. The highest BCUT2D eigenvalue weighted by molar-refractivity contribution is 8.00. The van der Waals surface area contributed by atoms with Crippen LogP contribution in [-0.4, -0.2) is 32.2 Å². The fraction of sp³-hybridized carbons (Fsp3) is 0.250. The minimum atomic E-state index is -2.86. The monoisotopic (exact) mass is 403 g/mol. The van der Waals surface area contributed by atoms with Crippen LogP contribution in [0, 0.1) is 13.8 Å². The van der Waals surface area contributed by atoms with E-state index >= 15 is 0 Å². The fourth-order valence-electron chi connectivity index (χ4n) is 2.96. The topological polar surface area (TPSA) is 57.0 Å². The maximum absolute atomic E-state index is 12.9. The van der Waals surface area contributed by atoms with Gasteiger partial charge in [-0.1, -0.05) is 11.8 Å². The second kappa shape index (κ2) is 8.52. The van der Waals surface area contributed by atoms with Gasteiger partial charge in [0, 0.05) is 35.0 Å². The molecule has 0 saturated carbocycles. The zero-order valence-electron chi connectivity index (χ0n) is 15.6. The van der Waals surface area contributed by atoms with Gasteiger partial charge in [-0.15, -0.1) is 0 Å². The van der Waals surface area contributed by atoms with E-state index in [2.05, 4.69) is 14.7 Å². The van der Waals surface area contributed by atoms with Gasteiger partial charge in [0.15, 0.2) is 10.9 Å². The Morgan fingerprint density at radius 3 is 2.39 bits per heavy atom. The Labute approximate surface area is 165 Å². The molecule has 0 aliphatic carbocycles. The number of aromatic nitrogens is 3. The first-order chi connectivity index (χ1) is 13.4. The van der Waals surface area contributed by atoms with E-state index < -0.39 is 6.61 Å². The molecule has 0 aliphatic rings. The molecule has 0 N–H and O–H groups in total. The molecule has 0 saturated heterocycles. The number of carbonyl (C=O) groups is 1. The quantitative estimate of drug-likeness (QED) is 0.321. The van der Waals surface area contributed by atoms with E-state index in [-0.39, 0.29) is 16.8 Å². The Morgan fingerprint density at radius 2 is 1.79 bits per heavy atom. The van der Waals surface area contributed by atoms with E-state index in [0.717, 1.165) is 17.1 Å². The molecular weight excluding hydrogens is 384 g/mol. The van der Waals surface area contributed by atoms with Crippen LogP contribution in [0.3, 0.4) is 0 Å². The van der Waals surface area contributed by atoms with Crippen molar-refractivity contribution in [2.75, 3.05) is 0 Å². The van der Waals surface area contributed by atoms with Crippen LogP contribution in [0.4, 0.5) is 8.78 Å². The standard InChI is InChI=1S/C20H19F2N3O2S/c1-12-11-17(18(26)14(3)28-20-23-9-4-10-24-20)13(2)25(12)15-5-7-16(8-6-15)27-19(21)22/h4-11,14,19H,1-3H3. The summed E-state index contributed by atoms with van der Waals surface area (Å²) in [6.45, 7) is 2.72. The van der Waals surface area contributed by atoms with Gasteiger partial charge in [-0.2, -0.15) is 8.78 Å². The Bertz CT molecular complexity index is 960. The van der Waals surface area contributed by atoms with Gasteiger partial charge in [-0.25, -0.2) is 9.97 Å². The highest BCUT2D eigenvalue weighted by atomic mass is 32.2.